The Hall–Kier alpha value is -3.84. The maximum absolute atomic E-state index is 13.9. The summed E-state index contributed by atoms with van der Waals surface area (Å²) < 4.78 is 24.8. The van der Waals surface area contributed by atoms with Crippen LogP contribution in [0.25, 0.3) is 5.76 Å². The van der Waals surface area contributed by atoms with E-state index in [9.17, 15) is 19.1 Å². The Morgan fingerprint density at radius 3 is 2.41 bits per heavy atom. The topological polar surface area (TPSA) is 76.1 Å². The number of aryl methyl sites for hydroxylation is 1. The van der Waals surface area contributed by atoms with E-state index < -0.39 is 23.5 Å². The predicted molar refractivity (Wildman–Crippen MR) is 141 cm³/mol. The van der Waals surface area contributed by atoms with Gasteiger partial charge >= 0.3 is 0 Å². The number of methoxy groups -OCH3 is 2. The van der Waals surface area contributed by atoms with Crippen LogP contribution in [0.1, 0.15) is 48.1 Å². The van der Waals surface area contributed by atoms with Gasteiger partial charge < -0.3 is 14.6 Å². The molecule has 6 nitrogen and oxygen atoms in total. The zero-order chi connectivity index (χ0) is 27.0. The highest BCUT2D eigenvalue weighted by Gasteiger charge is 2.47. The highest BCUT2D eigenvalue weighted by molar-refractivity contribution is 6.51. The van der Waals surface area contributed by atoms with E-state index in [1.54, 1.807) is 50.4 Å². The van der Waals surface area contributed by atoms with Crippen LogP contribution in [0.15, 0.2) is 60.2 Å². The van der Waals surface area contributed by atoms with Crippen LogP contribution in [0.2, 0.25) is 5.02 Å². The molecule has 0 saturated carbocycles. The third kappa shape index (κ3) is 4.67. The van der Waals surface area contributed by atoms with Crippen LogP contribution < -0.4 is 14.4 Å². The molecule has 3 aromatic carbocycles. The molecule has 0 bridgehead atoms. The lowest BCUT2D eigenvalue weighted by Crippen LogP contribution is -2.29. The van der Waals surface area contributed by atoms with Crippen LogP contribution in [0.5, 0.6) is 11.5 Å². The number of aliphatic hydroxyl groups is 1. The van der Waals surface area contributed by atoms with E-state index in [0.717, 1.165) is 11.6 Å². The van der Waals surface area contributed by atoms with Crippen molar-refractivity contribution in [3.8, 4) is 11.5 Å². The van der Waals surface area contributed by atoms with Crippen LogP contribution in [0.3, 0.4) is 0 Å². The molecule has 0 aliphatic carbocycles. The van der Waals surface area contributed by atoms with Crippen molar-refractivity contribution in [3.63, 3.8) is 0 Å². The van der Waals surface area contributed by atoms with Crippen molar-refractivity contribution in [2.45, 2.75) is 32.7 Å². The second kappa shape index (κ2) is 10.3. The first-order chi connectivity index (χ1) is 17.6. The van der Waals surface area contributed by atoms with Gasteiger partial charge in [-0.25, -0.2) is 4.39 Å². The summed E-state index contributed by atoms with van der Waals surface area (Å²) in [4.78, 5) is 28.1. The molecule has 4 rings (SSSR count). The number of ketones is 1. The summed E-state index contributed by atoms with van der Waals surface area (Å²) in [7, 11) is 3.08. The fourth-order valence-corrected chi connectivity index (χ4v) is 4.76. The minimum Gasteiger partial charge on any atom is -0.507 e. The van der Waals surface area contributed by atoms with Gasteiger partial charge in [-0.1, -0.05) is 37.6 Å². The van der Waals surface area contributed by atoms with Crippen LogP contribution in [-0.2, 0) is 9.59 Å². The van der Waals surface area contributed by atoms with E-state index in [1.165, 1.54) is 24.1 Å². The first-order valence-electron chi connectivity index (χ1n) is 11.7. The number of benzene rings is 3. The second-order valence-corrected chi connectivity index (χ2v) is 9.52. The lowest BCUT2D eigenvalue weighted by Gasteiger charge is -2.26. The standard InChI is InChI=1S/C29H27ClFNO5/c1-15(2)20-14-21(16(3)11-24(20)37-5)27(33)25-26(17-7-6-8-19(12-17)36-4)32(29(35)28(25)34)18-9-10-23(31)22(30)13-18/h6-15,26,33H,1-5H3/b27-25+. The van der Waals surface area contributed by atoms with E-state index >= 15 is 0 Å². The number of hydrogen-bond acceptors (Lipinski definition) is 5. The SMILES string of the molecule is COc1cccc(C2/C(=C(\O)c3cc(C(C)C)c(OC)cc3C)C(=O)C(=O)N2c2ccc(F)c(Cl)c2)c1. The molecule has 1 unspecified atom stereocenters. The Labute approximate surface area is 219 Å². The molecule has 3 aromatic rings. The molecule has 0 spiro atoms. The van der Waals surface area contributed by atoms with Gasteiger partial charge in [0.1, 0.15) is 23.1 Å². The minimum absolute atomic E-state index is 0.0695. The highest BCUT2D eigenvalue weighted by Crippen LogP contribution is 2.44. The monoisotopic (exact) mass is 523 g/mol. The first kappa shape index (κ1) is 26.2. The van der Waals surface area contributed by atoms with Crippen molar-refractivity contribution in [2.24, 2.45) is 0 Å². The number of amides is 1. The maximum atomic E-state index is 13.9. The average Bonchev–Trinajstić information content (AvgIpc) is 3.15. The number of aliphatic hydroxyl groups excluding tert-OH is 1. The number of Topliss-reactive ketones (excluding diaryl/α,β-unsaturated/α-hetero) is 1. The normalized spacial score (nSPS) is 17.0. The summed E-state index contributed by atoms with van der Waals surface area (Å²) in [5, 5.41) is 11.4. The van der Waals surface area contributed by atoms with Crippen molar-refractivity contribution >= 4 is 34.7 Å². The molecule has 1 atom stereocenters. The number of halogens is 2. The van der Waals surface area contributed by atoms with E-state index in [-0.39, 0.29) is 28.0 Å². The zero-order valence-electron chi connectivity index (χ0n) is 21.1. The number of carbonyl (C=O) groups excluding carboxylic acids is 2. The third-order valence-corrected chi connectivity index (χ3v) is 6.78. The lowest BCUT2D eigenvalue weighted by molar-refractivity contribution is -0.132. The molecule has 1 fully saturated rings. The molecule has 0 radical (unpaired) electrons. The highest BCUT2D eigenvalue weighted by atomic mass is 35.5. The predicted octanol–water partition coefficient (Wildman–Crippen LogP) is 6.55. The van der Waals surface area contributed by atoms with Gasteiger partial charge in [-0.2, -0.15) is 0 Å². The fraction of sp³-hybridized carbons (Fsp3) is 0.241. The van der Waals surface area contributed by atoms with Crippen molar-refractivity contribution in [1.82, 2.24) is 0 Å². The Bertz CT molecular complexity index is 1430. The molecule has 1 N–H and O–H groups in total. The molecular weight excluding hydrogens is 497 g/mol. The van der Waals surface area contributed by atoms with Crippen molar-refractivity contribution < 1.29 is 28.6 Å². The van der Waals surface area contributed by atoms with Gasteiger partial charge in [-0.3, -0.25) is 14.5 Å². The second-order valence-electron chi connectivity index (χ2n) is 9.11. The van der Waals surface area contributed by atoms with E-state index in [2.05, 4.69) is 0 Å². The van der Waals surface area contributed by atoms with E-state index in [0.29, 0.717) is 28.2 Å². The molecule has 0 aromatic heterocycles. The lowest BCUT2D eigenvalue weighted by atomic mass is 9.91. The Morgan fingerprint density at radius 1 is 1.05 bits per heavy atom. The van der Waals surface area contributed by atoms with E-state index in [4.69, 9.17) is 21.1 Å². The van der Waals surface area contributed by atoms with Crippen LogP contribution in [-0.4, -0.2) is 31.0 Å². The van der Waals surface area contributed by atoms with Gasteiger partial charge in [-0.15, -0.1) is 0 Å². The minimum atomic E-state index is -1.01. The fourth-order valence-electron chi connectivity index (χ4n) is 4.59. The van der Waals surface area contributed by atoms with Crippen molar-refractivity contribution in [3.05, 3.63) is 93.3 Å². The summed E-state index contributed by atoms with van der Waals surface area (Å²) in [6.07, 6.45) is 0. The zero-order valence-corrected chi connectivity index (χ0v) is 21.9. The molecule has 192 valence electrons. The van der Waals surface area contributed by atoms with Gasteiger partial charge in [0.25, 0.3) is 11.7 Å². The molecule has 1 saturated heterocycles. The third-order valence-electron chi connectivity index (χ3n) is 6.49. The van der Waals surface area contributed by atoms with Crippen LogP contribution >= 0.6 is 11.6 Å². The van der Waals surface area contributed by atoms with Crippen LogP contribution in [0, 0.1) is 12.7 Å². The van der Waals surface area contributed by atoms with E-state index in [1.807, 2.05) is 13.8 Å². The smallest absolute Gasteiger partial charge is 0.300 e. The van der Waals surface area contributed by atoms with Gasteiger partial charge in [-0.05, 0) is 72.0 Å². The molecule has 8 heteroatoms. The van der Waals surface area contributed by atoms with Gasteiger partial charge in [0.05, 0.1) is 30.9 Å². The number of carbonyl (C=O) groups is 2. The first-order valence-corrected chi connectivity index (χ1v) is 12.1. The van der Waals surface area contributed by atoms with Crippen LogP contribution in [0.4, 0.5) is 10.1 Å². The van der Waals surface area contributed by atoms with Crippen molar-refractivity contribution in [1.29, 1.82) is 0 Å². The van der Waals surface area contributed by atoms with Crippen molar-refractivity contribution in [2.75, 3.05) is 19.1 Å². The number of hydrogen-bond donors (Lipinski definition) is 1. The van der Waals surface area contributed by atoms with Gasteiger partial charge in [0, 0.05) is 11.3 Å². The van der Waals surface area contributed by atoms with Gasteiger partial charge in [0.15, 0.2) is 0 Å². The molecule has 37 heavy (non-hydrogen) atoms. The molecule has 1 aliphatic heterocycles. The number of ether oxygens (including phenoxy) is 2. The average molecular weight is 524 g/mol. The van der Waals surface area contributed by atoms with Gasteiger partial charge in [0.2, 0.25) is 0 Å². The quantitative estimate of drug-likeness (QED) is 0.225. The number of anilines is 1. The maximum Gasteiger partial charge on any atom is 0.300 e. The molecule has 1 heterocycles. The Kier molecular flexibility index (Phi) is 7.28. The summed E-state index contributed by atoms with van der Waals surface area (Å²) in [6, 6.07) is 13.2. The molecule has 1 amide bonds. The molecular formula is C29H27ClFNO5. The summed E-state index contributed by atoms with van der Waals surface area (Å²) >= 11 is 6.02. The Morgan fingerprint density at radius 2 is 1.78 bits per heavy atom. The summed E-state index contributed by atoms with van der Waals surface area (Å²) in [6.45, 7) is 5.77. The Balaban J connectivity index is 2.01. The summed E-state index contributed by atoms with van der Waals surface area (Å²) in [5.41, 5.74) is 2.56. The molecule has 1 aliphatic rings. The largest absolute Gasteiger partial charge is 0.507 e. The number of nitrogens with zero attached hydrogens (tertiary/aromatic N) is 1. The number of rotatable bonds is 6. The summed E-state index contributed by atoms with van der Waals surface area (Å²) in [5.74, 6) is -1.48.